The third-order valence-electron chi connectivity index (χ3n) is 0.631. The second-order valence-corrected chi connectivity index (χ2v) is 1.31. The van der Waals surface area contributed by atoms with Crippen LogP contribution in [0.4, 0.5) is 0 Å². The number of hydrogen-bond acceptors (Lipinski definition) is 2. The quantitative estimate of drug-likeness (QED) is 0.551. The Morgan fingerprint density at radius 1 is 2.00 bits per heavy atom. The minimum Gasteiger partial charge on any atom is -0.468 e. The van der Waals surface area contributed by atoms with E-state index in [4.69, 9.17) is 7.16 Å². The molecule has 0 bridgehead atoms. The van der Waals surface area contributed by atoms with Crippen LogP contribution < -0.4 is 0 Å². The van der Waals surface area contributed by atoms with Crippen molar-refractivity contribution < 1.29 is 7.16 Å². The summed E-state index contributed by atoms with van der Waals surface area (Å²) in [5.74, 6) is 0.242. The van der Waals surface area contributed by atoms with Gasteiger partial charge in [-0.2, -0.15) is 12.6 Å². The molecule has 0 amide bonds. The maximum atomic E-state index is 7.03. The number of thiol groups is 1. The predicted molar refractivity (Wildman–Crippen MR) is 31.4 cm³/mol. The van der Waals surface area contributed by atoms with Crippen molar-refractivity contribution in [2.24, 2.45) is 0 Å². The van der Waals surface area contributed by atoms with Gasteiger partial charge in [0.25, 0.3) is 0 Å². The van der Waals surface area contributed by atoms with Crippen LogP contribution in [0.15, 0.2) is 22.8 Å². The maximum Gasteiger partial charge on any atom is 0.113 e. The largest absolute Gasteiger partial charge is 0.468 e. The molecule has 0 spiro atoms. The van der Waals surface area contributed by atoms with E-state index in [0.717, 1.165) is 0 Å². The van der Waals surface area contributed by atoms with E-state index in [9.17, 15) is 0 Å². The molecule has 0 aromatic carbocycles. The lowest BCUT2D eigenvalue weighted by Crippen LogP contribution is -1.62. The Morgan fingerprint density at radius 2 is 2.86 bits per heavy atom. The molecule has 0 radical (unpaired) electrons. The highest BCUT2D eigenvalue weighted by Gasteiger charge is 1.85. The SMILES string of the molecule is [2H]C([2H])(S)c1ccco1. The fourth-order valence-corrected chi connectivity index (χ4v) is 0.469. The Morgan fingerprint density at radius 3 is 3.14 bits per heavy atom. The van der Waals surface area contributed by atoms with Crippen LogP contribution in [-0.4, -0.2) is 0 Å². The lowest BCUT2D eigenvalue weighted by Gasteiger charge is -1.79. The van der Waals surface area contributed by atoms with Gasteiger partial charge in [-0.25, -0.2) is 0 Å². The van der Waals surface area contributed by atoms with Crippen LogP contribution >= 0.6 is 12.6 Å². The van der Waals surface area contributed by atoms with Crippen molar-refractivity contribution in [3.05, 3.63) is 24.2 Å². The molecule has 1 rings (SSSR count). The molecule has 1 heterocycles. The summed E-state index contributed by atoms with van der Waals surface area (Å²) in [5.41, 5.74) is -1.65. The fraction of sp³-hybridized carbons (Fsp3) is 0.200. The number of furan rings is 1. The third kappa shape index (κ3) is 0.996. The number of rotatable bonds is 1. The minimum atomic E-state index is -1.65. The summed E-state index contributed by atoms with van der Waals surface area (Å²) < 4.78 is 18.8. The summed E-state index contributed by atoms with van der Waals surface area (Å²) in [6, 6.07) is 3.18. The highest BCUT2D eigenvalue weighted by molar-refractivity contribution is 7.79. The lowest BCUT2D eigenvalue weighted by atomic mass is 10.5. The first-order chi connectivity index (χ1) is 4.11. The van der Waals surface area contributed by atoms with Crippen molar-refractivity contribution in [1.29, 1.82) is 0 Å². The number of hydrogen-bond donors (Lipinski definition) is 1. The van der Waals surface area contributed by atoms with Crippen LogP contribution in [0.2, 0.25) is 0 Å². The first kappa shape index (κ1) is 2.82. The van der Waals surface area contributed by atoms with Gasteiger partial charge in [-0.05, 0) is 12.1 Å². The lowest BCUT2D eigenvalue weighted by molar-refractivity contribution is 0.531. The van der Waals surface area contributed by atoms with E-state index in [1.165, 1.54) is 6.26 Å². The Hall–Kier alpha value is -0.370. The summed E-state index contributed by atoms with van der Waals surface area (Å²) >= 11 is 3.65. The Kier molecular flexibility index (Phi) is 0.836. The molecule has 1 aromatic rings. The molecular formula is C5H6OS. The first-order valence-electron chi connectivity index (χ1n) is 2.87. The monoisotopic (exact) mass is 116 g/mol. The highest BCUT2D eigenvalue weighted by Crippen LogP contribution is 2.01. The summed E-state index contributed by atoms with van der Waals surface area (Å²) in [6.45, 7) is 0. The van der Waals surface area contributed by atoms with Crippen molar-refractivity contribution in [1.82, 2.24) is 0 Å². The van der Waals surface area contributed by atoms with E-state index in [1.807, 2.05) is 0 Å². The van der Waals surface area contributed by atoms with Crippen LogP contribution in [0, 0.1) is 0 Å². The van der Waals surface area contributed by atoms with Gasteiger partial charge in [0.05, 0.1) is 6.26 Å². The van der Waals surface area contributed by atoms with Gasteiger partial charge < -0.3 is 4.42 Å². The van der Waals surface area contributed by atoms with Gasteiger partial charge in [0.1, 0.15) is 5.76 Å². The molecule has 1 nitrogen and oxygen atoms in total. The zero-order valence-corrected chi connectivity index (χ0v) is 4.48. The van der Waals surface area contributed by atoms with E-state index in [2.05, 4.69) is 12.6 Å². The van der Waals surface area contributed by atoms with Crippen molar-refractivity contribution in [3.8, 4) is 0 Å². The van der Waals surface area contributed by atoms with E-state index in [-0.39, 0.29) is 5.76 Å². The summed E-state index contributed by atoms with van der Waals surface area (Å²) in [6.07, 6.45) is 1.42. The van der Waals surface area contributed by atoms with Crippen molar-refractivity contribution in [2.75, 3.05) is 0 Å². The second kappa shape index (κ2) is 2.07. The minimum absolute atomic E-state index is 0.242. The summed E-state index contributed by atoms with van der Waals surface area (Å²) in [5, 5.41) is 0. The van der Waals surface area contributed by atoms with Gasteiger partial charge in [-0.1, -0.05) is 0 Å². The standard InChI is InChI=1S/C5H6OS/c7-4-5-2-1-3-6-5/h1-3,7H,4H2/i4D2. The van der Waals surface area contributed by atoms with E-state index < -0.39 is 5.70 Å². The maximum absolute atomic E-state index is 7.03. The smallest absolute Gasteiger partial charge is 0.113 e. The van der Waals surface area contributed by atoms with Gasteiger partial charge in [-0.3, -0.25) is 0 Å². The van der Waals surface area contributed by atoms with E-state index >= 15 is 0 Å². The molecule has 0 aliphatic carbocycles. The van der Waals surface area contributed by atoms with Crippen LogP contribution in [0.1, 0.15) is 8.50 Å². The predicted octanol–water partition coefficient (Wildman–Crippen LogP) is 1.71. The molecular weight excluding hydrogens is 108 g/mol. The molecule has 0 unspecified atom stereocenters. The van der Waals surface area contributed by atoms with Crippen LogP contribution in [0.3, 0.4) is 0 Å². The topological polar surface area (TPSA) is 13.1 Å². The van der Waals surface area contributed by atoms with E-state index in [1.54, 1.807) is 12.1 Å². The Balaban J connectivity index is 2.90. The van der Waals surface area contributed by atoms with Gasteiger partial charge in [-0.15, -0.1) is 0 Å². The average Bonchev–Trinajstić information content (AvgIpc) is 2.08. The second-order valence-electron chi connectivity index (χ2n) is 1.09. The van der Waals surface area contributed by atoms with Gasteiger partial charge >= 0.3 is 0 Å². The van der Waals surface area contributed by atoms with Crippen molar-refractivity contribution >= 4 is 12.6 Å². The van der Waals surface area contributed by atoms with Crippen LogP contribution in [0.5, 0.6) is 0 Å². The van der Waals surface area contributed by atoms with Crippen molar-refractivity contribution in [2.45, 2.75) is 5.70 Å². The zero-order valence-electron chi connectivity index (χ0n) is 5.59. The highest BCUT2D eigenvalue weighted by atomic mass is 32.1. The van der Waals surface area contributed by atoms with E-state index in [0.29, 0.717) is 0 Å². The van der Waals surface area contributed by atoms with Crippen LogP contribution in [-0.2, 0) is 5.70 Å². The molecule has 0 N–H and O–H groups in total. The van der Waals surface area contributed by atoms with Gasteiger partial charge in [0.2, 0.25) is 0 Å². The zero-order chi connectivity index (χ0) is 6.91. The molecule has 0 saturated heterocycles. The molecule has 0 aliphatic heterocycles. The molecule has 2 heteroatoms. The molecule has 0 atom stereocenters. The molecule has 0 saturated carbocycles. The first-order valence-corrected chi connectivity index (χ1v) is 2.32. The average molecular weight is 116 g/mol. The molecule has 0 fully saturated rings. The Bertz CT molecular complexity index is 177. The molecule has 1 aromatic heterocycles. The van der Waals surface area contributed by atoms with Crippen LogP contribution in [0.25, 0.3) is 0 Å². The third-order valence-corrected chi connectivity index (χ3v) is 0.852. The normalized spacial score (nSPS) is 15.6. The molecule has 7 heavy (non-hydrogen) atoms. The molecule has 0 aliphatic rings. The van der Waals surface area contributed by atoms with Crippen molar-refractivity contribution in [3.63, 3.8) is 0 Å². The van der Waals surface area contributed by atoms with Gasteiger partial charge in [0, 0.05) is 8.45 Å². The summed E-state index contributed by atoms with van der Waals surface area (Å²) in [7, 11) is 0. The Labute approximate surface area is 50.6 Å². The summed E-state index contributed by atoms with van der Waals surface area (Å²) in [4.78, 5) is 0. The fourth-order valence-electron chi connectivity index (χ4n) is 0.342. The van der Waals surface area contributed by atoms with Gasteiger partial charge in [0.15, 0.2) is 0 Å². The molecule has 38 valence electrons.